The molecular weight excluding hydrogens is 302 g/mol. The van der Waals surface area contributed by atoms with Crippen molar-refractivity contribution in [2.45, 2.75) is 0 Å². The number of rotatable bonds is 5. The SMILES string of the molecule is COc1cccc(NC(=O)CN2CCN(c3ccccc3)CC2)c1. The molecule has 1 fully saturated rings. The molecule has 0 spiro atoms. The average Bonchev–Trinajstić information content (AvgIpc) is 2.63. The molecule has 1 N–H and O–H groups in total. The summed E-state index contributed by atoms with van der Waals surface area (Å²) >= 11 is 0. The van der Waals surface area contributed by atoms with E-state index in [1.165, 1.54) is 5.69 Å². The number of piperazine rings is 1. The van der Waals surface area contributed by atoms with Crippen molar-refractivity contribution in [1.82, 2.24) is 4.90 Å². The second kappa shape index (κ2) is 7.84. The van der Waals surface area contributed by atoms with E-state index in [2.05, 4.69) is 39.4 Å². The molecule has 3 rings (SSSR count). The highest BCUT2D eigenvalue weighted by Crippen LogP contribution is 2.17. The lowest BCUT2D eigenvalue weighted by atomic mass is 10.2. The van der Waals surface area contributed by atoms with Crippen LogP contribution in [0.15, 0.2) is 54.6 Å². The quantitative estimate of drug-likeness (QED) is 0.917. The van der Waals surface area contributed by atoms with Gasteiger partial charge in [0.15, 0.2) is 0 Å². The first-order valence-electron chi connectivity index (χ1n) is 8.21. The molecule has 0 atom stereocenters. The van der Waals surface area contributed by atoms with Gasteiger partial charge in [-0.2, -0.15) is 0 Å². The zero-order valence-electron chi connectivity index (χ0n) is 13.9. The summed E-state index contributed by atoms with van der Waals surface area (Å²) in [6, 6.07) is 17.8. The molecule has 1 aliphatic heterocycles. The number of hydrogen-bond donors (Lipinski definition) is 1. The van der Waals surface area contributed by atoms with Crippen molar-refractivity contribution in [2.24, 2.45) is 0 Å². The van der Waals surface area contributed by atoms with Crippen molar-refractivity contribution < 1.29 is 9.53 Å². The van der Waals surface area contributed by atoms with Gasteiger partial charge >= 0.3 is 0 Å². The minimum absolute atomic E-state index is 0.0106. The predicted octanol–water partition coefficient (Wildman–Crippen LogP) is 2.46. The summed E-state index contributed by atoms with van der Waals surface area (Å²) in [7, 11) is 1.62. The Kier molecular flexibility index (Phi) is 5.33. The van der Waals surface area contributed by atoms with E-state index in [9.17, 15) is 4.79 Å². The van der Waals surface area contributed by atoms with Gasteiger partial charge in [-0.3, -0.25) is 9.69 Å². The maximum Gasteiger partial charge on any atom is 0.238 e. The zero-order valence-corrected chi connectivity index (χ0v) is 13.9. The van der Waals surface area contributed by atoms with E-state index in [-0.39, 0.29) is 5.91 Å². The van der Waals surface area contributed by atoms with E-state index < -0.39 is 0 Å². The topological polar surface area (TPSA) is 44.8 Å². The highest BCUT2D eigenvalue weighted by atomic mass is 16.5. The summed E-state index contributed by atoms with van der Waals surface area (Å²) in [5.74, 6) is 0.751. The van der Waals surface area contributed by atoms with E-state index >= 15 is 0 Å². The van der Waals surface area contributed by atoms with Crippen LogP contribution in [0, 0.1) is 0 Å². The zero-order chi connectivity index (χ0) is 16.8. The van der Waals surface area contributed by atoms with Crippen LogP contribution in [0.25, 0.3) is 0 Å². The molecule has 2 aromatic rings. The monoisotopic (exact) mass is 325 g/mol. The van der Waals surface area contributed by atoms with E-state index in [0.717, 1.165) is 37.6 Å². The number of amides is 1. The normalized spacial score (nSPS) is 15.1. The fraction of sp³-hybridized carbons (Fsp3) is 0.316. The highest BCUT2D eigenvalue weighted by Gasteiger charge is 2.19. The number of ether oxygens (including phenoxy) is 1. The van der Waals surface area contributed by atoms with Crippen LogP contribution in [0.4, 0.5) is 11.4 Å². The van der Waals surface area contributed by atoms with Crippen molar-refractivity contribution in [3.05, 3.63) is 54.6 Å². The Labute approximate surface area is 142 Å². The highest BCUT2D eigenvalue weighted by molar-refractivity contribution is 5.92. The molecule has 0 aliphatic carbocycles. The summed E-state index contributed by atoms with van der Waals surface area (Å²) < 4.78 is 5.17. The second-order valence-electron chi connectivity index (χ2n) is 5.88. The Morgan fingerprint density at radius 3 is 2.50 bits per heavy atom. The molecule has 24 heavy (non-hydrogen) atoms. The standard InChI is InChI=1S/C19H23N3O2/c1-24-18-9-5-6-16(14-18)20-19(23)15-21-10-12-22(13-11-21)17-7-3-2-4-8-17/h2-9,14H,10-13,15H2,1H3,(H,20,23). The van der Waals surface area contributed by atoms with Crippen LogP contribution in [-0.4, -0.2) is 50.6 Å². The Balaban J connectivity index is 1.48. The van der Waals surface area contributed by atoms with Gasteiger partial charge in [0, 0.05) is 43.6 Å². The summed E-state index contributed by atoms with van der Waals surface area (Å²) in [5.41, 5.74) is 2.01. The first kappa shape index (κ1) is 16.3. The number of methoxy groups -OCH3 is 1. The minimum Gasteiger partial charge on any atom is -0.497 e. The molecule has 126 valence electrons. The second-order valence-corrected chi connectivity index (χ2v) is 5.88. The Morgan fingerprint density at radius 2 is 1.79 bits per heavy atom. The Bertz CT molecular complexity index is 667. The lowest BCUT2D eigenvalue weighted by Gasteiger charge is -2.35. The van der Waals surface area contributed by atoms with Crippen LogP contribution in [0.1, 0.15) is 0 Å². The van der Waals surface area contributed by atoms with Crippen LogP contribution in [0.3, 0.4) is 0 Å². The molecule has 0 radical (unpaired) electrons. The number of hydrogen-bond acceptors (Lipinski definition) is 4. The van der Waals surface area contributed by atoms with Crippen molar-refractivity contribution in [1.29, 1.82) is 0 Å². The van der Waals surface area contributed by atoms with Gasteiger partial charge in [0.2, 0.25) is 5.91 Å². The smallest absolute Gasteiger partial charge is 0.238 e. The van der Waals surface area contributed by atoms with Crippen LogP contribution >= 0.6 is 0 Å². The van der Waals surface area contributed by atoms with Crippen LogP contribution in [0.2, 0.25) is 0 Å². The fourth-order valence-corrected chi connectivity index (χ4v) is 2.91. The van der Waals surface area contributed by atoms with Gasteiger partial charge in [0.1, 0.15) is 5.75 Å². The van der Waals surface area contributed by atoms with Crippen LogP contribution in [-0.2, 0) is 4.79 Å². The molecule has 1 aliphatic rings. The van der Waals surface area contributed by atoms with Gasteiger partial charge in [0.25, 0.3) is 0 Å². The van der Waals surface area contributed by atoms with E-state index in [0.29, 0.717) is 6.54 Å². The number of benzene rings is 2. The van der Waals surface area contributed by atoms with Crippen LogP contribution in [0.5, 0.6) is 5.75 Å². The fourth-order valence-electron chi connectivity index (χ4n) is 2.91. The molecule has 1 saturated heterocycles. The third-order valence-electron chi connectivity index (χ3n) is 4.21. The number of nitrogens with zero attached hydrogens (tertiary/aromatic N) is 2. The predicted molar refractivity (Wildman–Crippen MR) is 96.7 cm³/mol. The summed E-state index contributed by atoms with van der Waals surface area (Å²) in [4.78, 5) is 16.8. The number of anilines is 2. The Morgan fingerprint density at radius 1 is 1.04 bits per heavy atom. The Hall–Kier alpha value is -2.53. The van der Waals surface area contributed by atoms with Gasteiger partial charge in [-0.15, -0.1) is 0 Å². The minimum atomic E-state index is 0.0106. The first-order chi connectivity index (χ1) is 11.7. The summed E-state index contributed by atoms with van der Waals surface area (Å²) in [6.07, 6.45) is 0. The largest absolute Gasteiger partial charge is 0.497 e. The third kappa shape index (κ3) is 4.26. The lowest BCUT2D eigenvalue weighted by molar-refractivity contribution is -0.117. The molecule has 0 aromatic heterocycles. The van der Waals surface area contributed by atoms with Crippen molar-refractivity contribution in [3.63, 3.8) is 0 Å². The molecule has 2 aromatic carbocycles. The van der Waals surface area contributed by atoms with Gasteiger partial charge in [-0.05, 0) is 24.3 Å². The number of carbonyl (C=O) groups is 1. The molecule has 0 saturated carbocycles. The van der Waals surface area contributed by atoms with Gasteiger partial charge in [0.05, 0.1) is 13.7 Å². The molecule has 1 amide bonds. The number of para-hydroxylation sites is 1. The maximum atomic E-state index is 12.2. The molecule has 0 bridgehead atoms. The number of carbonyl (C=O) groups excluding carboxylic acids is 1. The number of nitrogens with one attached hydrogen (secondary N) is 1. The average molecular weight is 325 g/mol. The van der Waals surface area contributed by atoms with Crippen molar-refractivity contribution in [2.75, 3.05) is 50.1 Å². The van der Waals surface area contributed by atoms with Gasteiger partial charge < -0.3 is 15.0 Å². The molecule has 1 heterocycles. The molecular formula is C19H23N3O2. The van der Waals surface area contributed by atoms with E-state index in [1.807, 2.05) is 30.3 Å². The summed E-state index contributed by atoms with van der Waals surface area (Å²) in [5, 5.41) is 2.93. The molecule has 0 unspecified atom stereocenters. The van der Waals surface area contributed by atoms with Gasteiger partial charge in [-0.25, -0.2) is 0 Å². The van der Waals surface area contributed by atoms with E-state index in [4.69, 9.17) is 4.74 Å². The van der Waals surface area contributed by atoms with Crippen LogP contribution < -0.4 is 15.0 Å². The molecule has 5 heteroatoms. The maximum absolute atomic E-state index is 12.2. The lowest BCUT2D eigenvalue weighted by Crippen LogP contribution is -2.48. The van der Waals surface area contributed by atoms with Crippen molar-refractivity contribution in [3.8, 4) is 5.75 Å². The molecule has 5 nitrogen and oxygen atoms in total. The first-order valence-corrected chi connectivity index (χ1v) is 8.21. The van der Waals surface area contributed by atoms with E-state index in [1.54, 1.807) is 7.11 Å². The third-order valence-corrected chi connectivity index (χ3v) is 4.21. The summed E-state index contributed by atoms with van der Waals surface area (Å²) in [6.45, 7) is 4.08. The van der Waals surface area contributed by atoms with Gasteiger partial charge in [-0.1, -0.05) is 24.3 Å². The van der Waals surface area contributed by atoms with Crippen molar-refractivity contribution >= 4 is 17.3 Å².